The van der Waals surface area contributed by atoms with Crippen LogP contribution in [0, 0.1) is 5.82 Å². The molecule has 108 valence electrons. The maximum Gasteiger partial charge on any atom is 0.165 e. The van der Waals surface area contributed by atoms with E-state index in [0.717, 1.165) is 10.7 Å². The molecule has 1 atom stereocenters. The standard InChI is InChI=1S/C15H19FN2OS/c1-15(2,3)12-8-20-14(18-12)13(17)9-5-6-11(19-4)10(16)7-9/h5-8,13H,17H2,1-4H3. The smallest absolute Gasteiger partial charge is 0.165 e. The number of methoxy groups -OCH3 is 1. The molecule has 2 rings (SSSR count). The lowest BCUT2D eigenvalue weighted by molar-refractivity contribution is 0.386. The molecule has 2 aromatic rings. The Balaban J connectivity index is 2.29. The SMILES string of the molecule is COc1ccc(C(N)c2nc(C(C)(C)C)cs2)cc1F. The van der Waals surface area contributed by atoms with Gasteiger partial charge in [0.25, 0.3) is 0 Å². The predicted octanol–water partition coefficient (Wildman–Crippen LogP) is 3.64. The van der Waals surface area contributed by atoms with Crippen molar-refractivity contribution in [3.8, 4) is 5.75 Å². The summed E-state index contributed by atoms with van der Waals surface area (Å²) in [4.78, 5) is 4.57. The van der Waals surface area contributed by atoms with Crippen LogP contribution in [0.15, 0.2) is 23.6 Å². The number of rotatable bonds is 3. The molecule has 5 heteroatoms. The zero-order chi connectivity index (χ0) is 14.9. The zero-order valence-electron chi connectivity index (χ0n) is 12.1. The number of benzene rings is 1. The fourth-order valence-corrected chi connectivity index (χ4v) is 2.87. The molecule has 0 saturated carbocycles. The number of nitrogens with two attached hydrogens (primary N) is 1. The van der Waals surface area contributed by atoms with Crippen LogP contribution in [0.1, 0.15) is 43.1 Å². The van der Waals surface area contributed by atoms with Gasteiger partial charge in [0.1, 0.15) is 5.01 Å². The second kappa shape index (κ2) is 5.50. The Kier molecular flexibility index (Phi) is 4.11. The molecule has 0 radical (unpaired) electrons. The highest BCUT2D eigenvalue weighted by Crippen LogP contribution is 2.30. The molecule has 0 fully saturated rings. The van der Waals surface area contributed by atoms with Gasteiger partial charge in [-0.3, -0.25) is 0 Å². The van der Waals surface area contributed by atoms with E-state index < -0.39 is 11.9 Å². The molecule has 0 spiro atoms. The zero-order valence-corrected chi connectivity index (χ0v) is 12.9. The van der Waals surface area contributed by atoms with Crippen molar-refractivity contribution < 1.29 is 9.13 Å². The molecule has 3 nitrogen and oxygen atoms in total. The highest BCUT2D eigenvalue weighted by molar-refractivity contribution is 7.09. The third-order valence-corrected chi connectivity index (χ3v) is 4.02. The Labute approximate surface area is 122 Å². The van der Waals surface area contributed by atoms with Gasteiger partial charge < -0.3 is 10.5 Å². The van der Waals surface area contributed by atoms with E-state index in [1.54, 1.807) is 12.1 Å². The van der Waals surface area contributed by atoms with Crippen LogP contribution >= 0.6 is 11.3 Å². The van der Waals surface area contributed by atoms with Gasteiger partial charge in [0.15, 0.2) is 11.6 Å². The summed E-state index contributed by atoms with van der Waals surface area (Å²) in [6, 6.07) is 4.34. The largest absolute Gasteiger partial charge is 0.494 e. The van der Waals surface area contributed by atoms with E-state index in [1.807, 2.05) is 5.38 Å². The van der Waals surface area contributed by atoms with Gasteiger partial charge in [0, 0.05) is 10.8 Å². The summed E-state index contributed by atoms with van der Waals surface area (Å²) < 4.78 is 18.6. The number of halogens is 1. The maximum absolute atomic E-state index is 13.7. The number of hydrogen-bond acceptors (Lipinski definition) is 4. The van der Waals surface area contributed by atoms with E-state index >= 15 is 0 Å². The molecule has 0 bridgehead atoms. The summed E-state index contributed by atoms with van der Waals surface area (Å²) >= 11 is 1.51. The molecule has 1 unspecified atom stereocenters. The molecule has 0 aliphatic rings. The van der Waals surface area contributed by atoms with E-state index in [-0.39, 0.29) is 11.2 Å². The summed E-state index contributed by atoms with van der Waals surface area (Å²) in [6.45, 7) is 6.30. The summed E-state index contributed by atoms with van der Waals surface area (Å²) in [5, 5.41) is 2.80. The summed E-state index contributed by atoms with van der Waals surface area (Å²) in [7, 11) is 1.44. The summed E-state index contributed by atoms with van der Waals surface area (Å²) in [5.41, 5.74) is 7.85. The third-order valence-electron chi connectivity index (χ3n) is 3.09. The van der Waals surface area contributed by atoms with Crippen LogP contribution in [-0.2, 0) is 5.41 Å². The van der Waals surface area contributed by atoms with Crippen LogP contribution in [0.4, 0.5) is 4.39 Å². The van der Waals surface area contributed by atoms with E-state index in [1.165, 1.54) is 24.5 Å². The van der Waals surface area contributed by atoms with Crippen molar-refractivity contribution >= 4 is 11.3 Å². The molecule has 1 aromatic heterocycles. The average Bonchev–Trinajstić information content (AvgIpc) is 2.87. The molecule has 2 N–H and O–H groups in total. The van der Waals surface area contributed by atoms with E-state index in [2.05, 4.69) is 25.8 Å². The molecule has 0 saturated heterocycles. The van der Waals surface area contributed by atoms with Crippen molar-refractivity contribution in [1.29, 1.82) is 0 Å². The normalized spacial score (nSPS) is 13.3. The molecule has 20 heavy (non-hydrogen) atoms. The predicted molar refractivity (Wildman–Crippen MR) is 79.8 cm³/mol. The van der Waals surface area contributed by atoms with Gasteiger partial charge in [-0.15, -0.1) is 11.3 Å². The van der Waals surface area contributed by atoms with Crippen molar-refractivity contribution in [3.63, 3.8) is 0 Å². The van der Waals surface area contributed by atoms with E-state index in [9.17, 15) is 4.39 Å². The third kappa shape index (κ3) is 2.99. The Morgan fingerprint density at radius 1 is 1.35 bits per heavy atom. The quantitative estimate of drug-likeness (QED) is 0.940. The summed E-state index contributed by atoms with van der Waals surface area (Å²) in [5.74, 6) is -0.191. The minimum Gasteiger partial charge on any atom is -0.494 e. The number of aromatic nitrogens is 1. The lowest BCUT2D eigenvalue weighted by atomic mass is 9.93. The van der Waals surface area contributed by atoms with Crippen molar-refractivity contribution in [2.45, 2.75) is 32.2 Å². The first-order chi connectivity index (χ1) is 9.32. The van der Waals surface area contributed by atoms with Crippen molar-refractivity contribution in [2.75, 3.05) is 7.11 Å². The van der Waals surface area contributed by atoms with Gasteiger partial charge in [-0.1, -0.05) is 26.8 Å². The molecule has 1 heterocycles. The molecular formula is C15H19FN2OS. The van der Waals surface area contributed by atoms with Crippen molar-refractivity contribution in [1.82, 2.24) is 4.98 Å². The van der Waals surface area contributed by atoms with Gasteiger partial charge in [-0.2, -0.15) is 0 Å². The first-order valence-electron chi connectivity index (χ1n) is 6.38. The van der Waals surface area contributed by atoms with Gasteiger partial charge in [-0.05, 0) is 17.7 Å². The second-order valence-corrected chi connectivity index (χ2v) is 6.58. The molecule has 0 aliphatic heterocycles. The molecule has 1 aromatic carbocycles. The Morgan fingerprint density at radius 3 is 2.55 bits per heavy atom. The monoisotopic (exact) mass is 294 g/mol. The van der Waals surface area contributed by atoms with E-state index in [0.29, 0.717) is 5.56 Å². The van der Waals surface area contributed by atoms with Gasteiger partial charge in [0.05, 0.1) is 18.8 Å². The lowest BCUT2D eigenvalue weighted by Crippen LogP contribution is -2.15. The van der Waals surface area contributed by atoms with Crippen LogP contribution < -0.4 is 10.5 Å². The molecule has 0 aliphatic carbocycles. The Hall–Kier alpha value is -1.46. The average molecular weight is 294 g/mol. The van der Waals surface area contributed by atoms with Gasteiger partial charge in [0.2, 0.25) is 0 Å². The first kappa shape index (κ1) is 14.9. The maximum atomic E-state index is 13.7. The number of nitrogens with zero attached hydrogens (tertiary/aromatic N) is 1. The van der Waals surface area contributed by atoms with Crippen LogP contribution in [0.2, 0.25) is 0 Å². The fraction of sp³-hybridized carbons (Fsp3) is 0.400. The summed E-state index contributed by atoms with van der Waals surface area (Å²) in [6.07, 6.45) is 0. The highest BCUT2D eigenvalue weighted by Gasteiger charge is 2.21. The Morgan fingerprint density at radius 2 is 2.05 bits per heavy atom. The molecule has 0 amide bonds. The lowest BCUT2D eigenvalue weighted by Gasteiger charge is -2.15. The topological polar surface area (TPSA) is 48.1 Å². The second-order valence-electron chi connectivity index (χ2n) is 5.69. The van der Waals surface area contributed by atoms with Crippen molar-refractivity contribution in [3.05, 3.63) is 45.7 Å². The Bertz CT molecular complexity index is 604. The van der Waals surface area contributed by atoms with E-state index in [4.69, 9.17) is 10.5 Å². The van der Waals surface area contributed by atoms with Crippen LogP contribution in [-0.4, -0.2) is 12.1 Å². The fourth-order valence-electron chi connectivity index (χ4n) is 1.79. The number of hydrogen-bond donors (Lipinski definition) is 1. The van der Waals surface area contributed by atoms with Crippen LogP contribution in [0.25, 0.3) is 0 Å². The first-order valence-corrected chi connectivity index (χ1v) is 7.26. The van der Waals surface area contributed by atoms with Crippen LogP contribution in [0.5, 0.6) is 5.75 Å². The number of ether oxygens (including phenoxy) is 1. The minimum atomic E-state index is -0.420. The highest BCUT2D eigenvalue weighted by atomic mass is 32.1. The van der Waals surface area contributed by atoms with Crippen molar-refractivity contribution in [2.24, 2.45) is 5.73 Å². The van der Waals surface area contributed by atoms with Gasteiger partial charge in [-0.25, -0.2) is 9.37 Å². The number of thiazole rings is 1. The molecular weight excluding hydrogens is 275 g/mol. The minimum absolute atomic E-state index is 0.0143. The van der Waals surface area contributed by atoms with Gasteiger partial charge >= 0.3 is 0 Å². The van der Waals surface area contributed by atoms with Crippen LogP contribution in [0.3, 0.4) is 0 Å².